The summed E-state index contributed by atoms with van der Waals surface area (Å²) in [6.07, 6.45) is 20.4. The van der Waals surface area contributed by atoms with Gasteiger partial charge in [-0.15, -0.1) is 0 Å². The van der Waals surface area contributed by atoms with E-state index in [4.69, 9.17) is 41.0 Å². The van der Waals surface area contributed by atoms with Crippen LogP contribution in [0.3, 0.4) is 0 Å². The highest BCUT2D eigenvalue weighted by Crippen LogP contribution is 2.39. The molecule has 0 saturated heterocycles. The Morgan fingerprint density at radius 2 is 0.652 bits per heavy atom. The minimum Gasteiger partial charge on any atom is -0.334 e. The number of nitrogens with two attached hydrogens (primary N) is 4. The lowest BCUT2D eigenvalue weighted by Gasteiger charge is -2.25. The molecule has 2 unspecified atom stereocenters. The number of nitrogens with zero attached hydrogens (tertiary/aromatic N) is 2. The smallest absolute Gasteiger partial charge is 0.171 e. The summed E-state index contributed by atoms with van der Waals surface area (Å²) < 4.78 is 24.9. The molecule has 0 aliphatic carbocycles. The Hall–Kier alpha value is 0.460. The van der Waals surface area contributed by atoms with E-state index < -0.39 is 16.8 Å². The van der Waals surface area contributed by atoms with Crippen molar-refractivity contribution in [3.05, 3.63) is 0 Å². The second-order valence-corrected chi connectivity index (χ2v) is 15.5. The molecule has 0 radical (unpaired) electrons. The Morgan fingerprint density at radius 1 is 0.370 bits per heavy atom. The molecule has 10 nitrogen and oxygen atoms in total. The lowest BCUT2D eigenvalue weighted by atomic mass is 10.1. The SMILES string of the molecule is CCCCOP(CCN(CCCN)CCCN)OCCCCCCCCCCOP(CCN(CCCN)CCCN)OCCCC. The van der Waals surface area contributed by atoms with Crippen LogP contribution in [0.1, 0.15) is 117 Å². The first kappa shape index (κ1) is 46.5. The summed E-state index contributed by atoms with van der Waals surface area (Å²) in [6, 6.07) is 0. The van der Waals surface area contributed by atoms with Gasteiger partial charge in [0, 0.05) is 25.4 Å². The van der Waals surface area contributed by atoms with Crippen molar-refractivity contribution in [2.75, 3.05) is 104 Å². The zero-order valence-electron chi connectivity index (χ0n) is 30.4. The lowest BCUT2D eigenvalue weighted by molar-refractivity contribution is 0.230. The molecule has 0 aromatic heterocycles. The summed E-state index contributed by atoms with van der Waals surface area (Å²) >= 11 is 0. The van der Waals surface area contributed by atoms with Crippen molar-refractivity contribution in [1.82, 2.24) is 9.80 Å². The molecule has 12 heteroatoms. The van der Waals surface area contributed by atoms with Crippen molar-refractivity contribution in [2.24, 2.45) is 22.9 Å². The van der Waals surface area contributed by atoms with Gasteiger partial charge in [-0.3, -0.25) is 0 Å². The number of hydrogen-bond acceptors (Lipinski definition) is 10. The molecule has 0 saturated carbocycles. The Balaban J connectivity index is 4.14. The lowest BCUT2D eigenvalue weighted by Crippen LogP contribution is -2.31. The summed E-state index contributed by atoms with van der Waals surface area (Å²) in [6.45, 7) is 16.7. The summed E-state index contributed by atoms with van der Waals surface area (Å²) in [7, 11) is -1.65. The molecule has 0 aromatic rings. The van der Waals surface area contributed by atoms with Gasteiger partial charge in [0.2, 0.25) is 0 Å². The standard InChI is InChI=1S/C34H78N6O4P2/c1-3-5-29-41-45(33-27-39(23-15-19-35)24-16-20-36)43-31-13-11-9-7-8-10-12-14-32-44-46(42-30-6-4-2)34-28-40(25-17-21-37)26-18-22-38/h3-38H2,1-2H3. The number of unbranched alkanes of at least 4 members (excludes halogenated alkanes) is 9. The van der Waals surface area contributed by atoms with Crippen molar-refractivity contribution >= 4 is 16.8 Å². The van der Waals surface area contributed by atoms with E-state index in [1.54, 1.807) is 0 Å². The quantitative estimate of drug-likeness (QED) is 0.0421. The number of rotatable bonds is 39. The van der Waals surface area contributed by atoms with Crippen LogP contribution < -0.4 is 22.9 Å². The first-order valence-electron chi connectivity index (χ1n) is 19.0. The molecule has 0 fully saturated rings. The Kier molecular flexibility index (Phi) is 38.6. The molecule has 0 spiro atoms. The maximum Gasteiger partial charge on any atom is 0.171 e. The molecule has 2 atom stereocenters. The zero-order valence-corrected chi connectivity index (χ0v) is 32.1. The van der Waals surface area contributed by atoms with E-state index in [2.05, 4.69) is 23.6 Å². The molecule has 0 heterocycles. The van der Waals surface area contributed by atoms with Crippen LogP contribution in [0.25, 0.3) is 0 Å². The highest BCUT2D eigenvalue weighted by Gasteiger charge is 2.15. The minimum absolute atomic E-state index is 0.730. The van der Waals surface area contributed by atoms with E-state index in [9.17, 15) is 0 Å². The molecule has 0 bridgehead atoms. The highest BCUT2D eigenvalue weighted by molar-refractivity contribution is 7.47. The first-order valence-corrected chi connectivity index (χ1v) is 21.7. The molecule has 0 aliphatic rings. The van der Waals surface area contributed by atoms with Gasteiger partial charge in [0.15, 0.2) is 16.8 Å². The summed E-state index contributed by atoms with van der Waals surface area (Å²) in [5.74, 6) is 0. The van der Waals surface area contributed by atoms with Gasteiger partial charge < -0.3 is 50.8 Å². The summed E-state index contributed by atoms with van der Waals surface area (Å²) in [4.78, 5) is 4.94. The molecule has 46 heavy (non-hydrogen) atoms. The Labute approximate surface area is 287 Å². The number of hydrogen-bond donors (Lipinski definition) is 4. The second-order valence-electron chi connectivity index (χ2n) is 12.2. The van der Waals surface area contributed by atoms with Crippen molar-refractivity contribution in [3.8, 4) is 0 Å². The third kappa shape index (κ3) is 31.7. The Morgan fingerprint density at radius 3 is 0.935 bits per heavy atom. The third-order valence-corrected chi connectivity index (χ3v) is 10.9. The monoisotopic (exact) mass is 697 g/mol. The van der Waals surface area contributed by atoms with Gasteiger partial charge in [0.1, 0.15) is 0 Å². The van der Waals surface area contributed by atoms with Gasteiger partial charge in [0.05, 0.1) is 26.4 Å². The van der Waals surface area contributed by atoms with Crippen LogP contribution in [0, 0.1) is 0 Å². The van der Waals surface area contributed by atoms with Gasteiger partial charge in [0.25, 0.3) is 0 Å². The summed E-state index contributed by atoms with van der Waals surface area (Å²) in [5.41, 5.74) is 23.0. The van der Waals surface area contributed by atoms with E-state index in [1.165, 1.54) is 38.5 Å². The van der Waals surface area contributed by atoms with E-state index in [-0.39, 0.29) is 0 Å². The molecular weight excluding hydrogens is 618 g/mol. The van der Waals surface area contributed by atoms with Crippen molar-refractivity contribution in [2.45, 2.75) is 117 Å². The molecule has 0 aliphatic heterocycles. The van der Waals surface area contributed by atoms with Crippen LogP contribution in [0.5, 0.6) is 0 Å². The van der Waals surface area contributed by atoms with E-state index in [1.807, 2.05) is 0 Å². The average Bonchev–Trinajstić information content (AvgIpc) is 3.07. The highest BCUT2D eigenvalue weighted by atomic mass is 31.2. The van der Waals surface area contributed by atoms with Crippen LogP contribution >= 0.6 is 16.8 Å². The molecule has 0 rings (SSSR count). The van der Waals surface area contributed by atoms with Gasteiger partial charge in [-0.05, 0) is 104 Å². The topological polar surface area (TPSA) is 147 Å². The maximum atomic E-state index is 6.27. The normalized spacial score (nSPS) is 13.3. The van der Waals surface area contributed by atoms with Crippen LogP contribution in [0.4, 0.5) is 0 Å². The third-order valence-electron chi connectivity index (χ3n) is 7.89. The molecular formula is C34H78N6O4P2. The van der Waals surface area contributed by atoms with Gasteiger partial charge in [-0.1, -0.05) is 65.2 Å². The predicted octanol–water partition coefficient (Wildman–Crippen LogP) is 6.40. The predicted molar refractivity (Wildman–Crippen MR) is 202 cm³/mol. The zero-order chi connectivity index (χ0) is 33.8. The van der Waals surface area contributed by atoms with Crippen LogP contribution in [-0.4, -0.2) is 114 Å². The molecule has 0 amide bonds. The first-order chi connectivity index (χ1) is 22.6. The average molecular weight is 697 g/mol. The van der Waals surface area contributed by atoms with E-state index >= 15 is 0 Å². The van der Waals surface area contributed by atoms with Crippen molar-refractivity contribution < 1.29 is 18.1 Å². The molecule has 278 valence electrons. The van der Waals surface area contributed by atoms with Gasteiger partial charge in [-0.25, -0.2) is 0 Å². The second kappa shape index (κ2) is 38.3. The maximum absolute atomic E-state index is 6.27. The van der Waals surface area contributed by atoms with E-state index in [0.717, 1.165) is 168 Å². The minimum atomic E-state index is -0.827. The van der Waals surface area contributed by atoms with Crippen LogP contribution in [0.2, 0.25) is 0 Å². The van der Waals surface area contributed by atoms with Gasteiger partial charge >= 0.3 is 0 Å². The fourth-order valence-corrected chi connectivity index (χ4v) is 7.82. The summed E-state index contributed by atoms with van der Waals surface area (Å²) in [5, 5.41) is 0. The van der Waals surface area contributed by atoms with Crippen molar-refractivity contribution in [1.29, 1.82) is 0 Å². The fraction of sp³-hybridized carbons (Fsp3) is 1.00. The van der Waals surface area contributed by atoms with Crippen LogP contribution in [0.15, 0.2) is 0 Å². The largest absolute Gasteiger partial charge is 0.334 e. The van der Waals surface area contributed by atoms with Crippen molar-refractivity contribution in [3.63, 3.8) is 0 Å². The van der Waals surface area contributed by atoms with Crippen LogP contribution in [-0.2, 0) is 18.1 Å². The molecule has 8 N–H and O–H groups in total. The Bertz CT molecular complexity index is 528. The molecule has 0 aromatic carbocycles. The fourth-order valence-electron chi connectivity index (χ4n) is 4.93. The van der Waals surface area contributed by atoms with E-state index in [0.29, 0.717) is 0 Å². The van der Waals surface area contributed by atoms with Gasteiger partial charge in [-0.2, -0.15) is 0 Å².